The molecule has 0 aromatic heterocycles. The van der Waals surface area contributed by atoms with Crippen molar-refractivity contribution in [3.05, 3.63) is 53.6 Å². The van der Waals surface area contributed by atoms with Crippen molar-refractivity contribution in [1.29, 1.82) is 0 Å². The van der Waals surface area contributed by atoms with Gasteiger partial charge in [-0.15, -0.1) is 4.40 Å². The molecule has 2 aromatic rings. The Morgan fingerprint density at radius 3 is 2.69 bits per heavy atom. The average molecular weight is 417 g/mol. The Morgan fingerprint density at radius 1 is 1.21 bits per heavy atom. The van der Waals surface area contributed by atoms with Gasteiger partial charge in [0, 0.05) is 31.4 Å². The van der Waals surface area contributed by atoms with Crippen molar-refractivity contribution in [2.45, 2.75) is 18.2 Å². The van der Waals surface area contributed by atoms with Crippen molar-refractivity contribution in [2.75, 3.05) is 27.4 Å². The fourth-order valence-electron chi connectivity index (χ4n) is 2.98. The van der Waals surface area contributed by atoms with Gasteiger partial charge in [0.2, 0.25) is 0 Å². The molecule has 8 nitrogen and oxygen atoms in total. The van der Waals surface area contributed by atoms with Gasteiger partial charge in [0.15, 0.2) is 17.3 Å². The van der Waals surface area contributed by atoms with E-state index in [1.165, 1.54) is 19.2 Å². The lowest BCUT2D eigenvalue weighted by atomic mass is 10.1. The molecule has 0 unspecified atom stereocenters. The van der Waals surface area contributed by atoms with Crippen LogP contribution in [0.2, 0.25) is 0 Å². The second-order valence-electron chi connectivity index (χ2n) is 6.43. The Bertz CT molecular complexity index is 1060. The van der Waals surface area contributed by atoms with Crippen LogP contribution in [0.15, 0.2) is 56.9 Å². The minimum absolute atomic E-state index is 0.0289. The van der Waals surface area contributed by atoms with Crippen molar-refractivity contribution in [3.8, 4) is 11.5 Å². The van der Waals surface area contributed by atoms with Gasteiger partial charge in [-0.25, -0.2) is 5.01 Å². The quantitative estimate of drug-likeness (QED) is 0.422. The first-order valence-corrected chi connectivity index (χ1v) is 10.4. The first-order chi connectivity index (χ1) is 13.9. The largest absolute Gasteiger partial charge is 0.504 e. The highest BCUT2D eigenvalue weighted by Crippen LogP contribution is 2.29. The highest BCUT2D eigenvalue weighted by molar-refractivity contribution is 7.90. The maximum absolute atomic E-state index is 12.4. The van der Waals surface area contributed by atoms with Gasteiger partial charge < -0.3 is 14.6 Å². The number of rotatable bonds is 7. The van der Waals surface area contributed by atoms with E-state index < -0.39 is 10.0 Å². The number of fused-ring (bicyclic) bond motifs is 1. The van der Waals surface area contributed by atoms with Crippen LogP contribution in [-0.4, -0.2) is 57.5 Å². The predicted molar refractivity (Wildman–Crippen MR) is 110 cm³/mol. The third-order valence-electron chi connectivity index (χ3n) is 4.44. The molecule has 0 radical (unpaired) electrons. The smallest absolute Gasteiger partial charge is 0.285 e. The molecule has 0 saturated heterocycles. The van der Waals surface area contributed by atoms with Gasteiger partial charge in [-0.05, 0) is 43.7 Å². The number of amidine groups is 1. The Balaban J connectivity index is 2.01. The van der Waals surface area contributed by atoms with Crippen LogP contribution in [0.3, 0.4) is 0 Å². The molecule has 1 aliphatic heterocycles. The third-order valence-corrected chi connectivity index (χ3v) is 5.77. The zero-order chi connectivity index (χ0) is 21.0. The summed E-state index contributed by atoms with van der Waals surface area (Å²) in [6, 6.07) is 11.6. The summed E-state index contributed by atoms with van der Waals surface area (Å²) in [7, 11) is -0.679. The maximum Gasteiger partial charge on any atom is 0.285 e. The van der Waals surface area contributed by atoms with Gasteiger partial charge in [0.05, 0.1) is 12.8 Å². The van der Waals surface area contributed by atoms with Crippen LogP contribution in [0.25, 0.3) is 0 Å². The Morgan fingerprint density at radius 2 is 1.97 bits per heavy atom. The second kappa shape index (κ2) is 8.62. The number of hydrogen-bond donors (Lipinski definition) is 1. The zero-order valence-corrected chi connectivity index (χ0v) is 17.3. The van der Waals surface area contributed by atoms with E-state index in [0.717, 1.165) is 5.56 Å². The zero-order valence-electron chi connectivity index (χ0n) is 16.5. The number of aromatic hydroxyl groups is 1. The fraction of sp³-hybridized carbons (Fsp3) is 0.300. The van der Waals surface area contributed by atoms with E-state index in [1.54, 1.807) is 49.4 Å². The normalized spacial score (nSPS) is 15.0. The van der Waals surface area contributed by atoms with E-state index in [0.29, 0.717) is 36.6 Å². The standard InChI is InChI=1S/C20H23N3O5S/c1-14(15-9-10-17(24)18(13-15)28-3)21-23(11-6-12-27-2)20-16-7-4-5-8-19(16)29(25,26)22-20/h4-5,7-10,13,24H,6,11-12H2,1-3H3. The Hall–Kier alpha value is -2.91. The van der Waals surface area contributed by atoms with Crippen molar-refractivity contribution in [3.63, 3.8) is 0 Å². The summed E-state index contributed by atoms with van der Waals surface area (Å²) in [6.45, 7) is 2.72. The van der Waals surface area contributed by atoms with Crippen LogP contribution in [0.1, 0.15) is 24.5 Å². The van der Waals surface area contributed by atoms with Crippen LogP contribution < -0.4 is 4.74 Å². The summed E-state index contributed by atoms with van der Waals surface area (Å²) >= 11 is 0. The van der Waals surface area contributed by atoms with Crippen LogP contribution in [0, 0.1) is 0 Å². The molecular weight excluding hydrogens is 394 g/mol. The molecule has 2 aromatic carbocycles. The molecule has 0 saturated carbocycles. The van der Waals surface area contributed by atoms with Gasteiger partial charge in [0.25, 0.3) is 10.0 Å². The number of nitrogens with zero attached hydrogens (tertiary/aromatic N) is 3. The van der Waals surface area contributed by atoms with Crippen molar-refractivity contribution in [2.24, 2.45) is 9.50 Å². The molecule has 1 aliphatic rings. The number of sulfonamides is 1. The number of methoxy groups -OCH3 is 2. The molecule has 0 bridgehead atoms. The molecule has 3 rings (SSSR count). The second-order valence-corrected chi connectivity index (χ2v) is 8.00. The molecule has 0 spiro atoms. The molecule has 0 atom stereocenters. The summed E-state index contributed by atoms with van der Waals surface area (Å²) in [4.78, 5) is 0.172. The number of benzene rings is 2. The first kappa shape index (κ1) is 20.8. The summed E-state index contributed by atoms with van der Waals surface area (Å²) in [5.74, 6) is 0.636. The highest BCUT2D eigenvalue weighted by atomic mass is 32.2. The Kier molecular flexibility index (Phi) is 6.19. The SMILES string of the molecule is COCCCN(N=C(C)c1ccc(O)c(OC)c1)C1=NS(=O)(=O)c2ccccc21. The molecule has 154 valence electrons. The molecule has 0 amide bonds. The minimum Gasteiger partial charge on any atom is -0.504 e. The Labute approximate surface area is 170 Å². The molecule has 0 aliphatic carbocycles. The van der Waals surface area contributed by atoms with Gasteiger partial charge in [0.1, 0.15) is 4.90 Å². The van der Waals surface area contributed by atoms with Crippen LogP contribution in [0.5, 0.6) is 11.5 Å². The fourth-order valence-corrected chi connectivity index (χ4v) is 4.18. The van der Waals surface area contributed by atoms with E-state index in [4.69, 9.17) is 9.47 Å². The first-order valence-electron chi connectivity index (χ1n) is 9.01. The van der Waals surface area contributed by atoms with E-state index in [2.05, 4.69) is 9.50 Å². The lowest BCUT2D eigenvalue weighted by Crippen LogP contribution is -2.29. The van der Waals surface area contributed by atoms with Gasteiger partial charge in [-0.2, -0.15) is 13.5 Å². The summed E-state index contributed by atoms with van der Waals surface area (Å²) in [5.41, 5.74) is 1.86. The molecule has 0 fully saturated rings. The minimum atomic E-state index is -3.75. The lowest BCUT2D eigenvalue weighted by Gasteiger charge is -2.20. The molecular formula is C20H23N3O5S. The van der Waals surface area contributed by atoms with E-state index in [-0.39, 0.29) is 16.5 Å². The average Bonchev–Trinajstić information content (AvgIpc) is 2.99. The summed E-state index contributed by atoms with van der Waals surface area (Å²) < 4.78 is 39.1. The van der Waals surface area contributed by atoms with E-state index in [9.17, 15) is 13.5 Å². The van der Waals surface area contributed by atoms with E-state index >= 15 is 0 Å². The topological polar surface area (TPSA) is 101 Å². The maximum atomic E-state index is 12.4. The lowest BCUT2D eigenvalue weighted by molar-refractivity contribution is 0.186. The van der Waals surface area contributed by atoms with Crippen LogP contribution >= 0.6 is 0 Å². The number of hydrazone groups is 1. The van der Waals surface area contributed by atoms with Crippen molar-refractivity contribution < 1.29 is 23.0 Å². The third kappa shape index (κ3) is 4.41. The number of phenolic OH excluding ortho intramolecular Hbond substituents is 1. The molecule has 9 heteroatoms. The molecule has 29 heavy (non-hydrogen) atoms. The van der Waals surface area contributed by atoms with Gasteiger partial charge in [-0.3, -0.25) is 0 Å². The monoisotopic (exact) mass is 417 g/mol. The van der Waals surface area contributed by atoms with Crippen LogP contribution in [-0.2, 0) is 14.8 Å². The number of phenols is 1. The molecule has 1 heterocycles. The summed E-state index contributed by atoms with van der Waals surface area (Å²) in [6.07, 6.45) is 0.632. The van der Waals surface area contributed by atoms with Crippen LogP contribution in [0.4, 0.5) is 0 Å². The number of hydrogen-bond acceptors (Lipinski definition) is 7. The van der Waals surface area contributed by atoms with E-state index in [1.807, 2.05) is 0 Å². The highest BCUT2D eigenvalue weighted by Gasteiger charge is 2.31. The van der Waals surface area contributed by atoms with Crippen molar-refractivity contribution >= 4 is 21.6 Å². The molecule has 1 N–H and O–H groups in total. The summed E-state index contributed by atoms with van der Waals surface area (Å²) in [5, 5.41) is 16.0. The van der Waals surface area contributed by atoms with Gasteiger partial charge >= 0.3 is 0 Å². The predicted octanol–water partition coefficient (Wildman–Crippen LogP) is 2.61. The van der Waals surface area contributed by atoms with Crippen molar-refractivity contribution in [1.82, 2.24) is 5.01 Å². The van der Waals surface area contributed by atoms with Gasteiger partial charge in [-0.1, -0.05) is 12.1 Å². The number of ether oxygens (including phenoxy) is 2.